The molecule has 0 spiro atoms. The minimum atomic E-state index is -0.275. The van der Waals surface area contributed by atoms with Crippen LogP contribution in [0.5, 0.6) is 0 Å². The first-order valence-electron chi connectivity index (χ1n) is 6.00. The van der Waals surface area contributed by atoms with Crippen molar-refractivity contribution in [2.45, 2.75) is 25.9 Å². The van der Waals surface area contributed by atoms with Crippen LogP contribution in [-0.4, -0.2) is 40.8 Å². The molecular formula is C11H19N5O. The number of aliphatic hydroxyl groups excluding tert-OH is 1. The molecule has 0 bridgehead atoms. The van der Waals surface area contributed by atoms with Crippen molar-refractivity contribution in [1.29, 1.82) is 0 Å². The lowest BCUT2D eigenvalue weighted by Crippen LogP contribution is -2.38. The molecule has 0 saturated carbocycles. The average molecular weight is 237 g/mol. The summed E-state index contributed by atoms with van der Waals surface area (Å²) in [6.07, 6.45) is 1.56. The third-order valence-electron chi connectivity index (χ3n) is 2.81. The zero-order chi connectivity index (χ0) is 12.3. The van der Waals surface area contributed by atoms with E-state index in [9.17, 15) is 5.11 Å². The lowest BCUT2D eigenvalue weighted by atomic mass is 10.1. The van der Waals surface area contributed by atoms with Crippen LogP contribution in [0.2, 0.25) is 0 Å². The van der Waals surface area contributed by atoms with Crippen LogP contribution in [0, 0.1) is 0 Å². The smallest absolute Gasteiger partial charge is 0.223 e. The van der Waals surface area contributed by atoms with E-state index in [0.29, 0.717) is 6.54 Å². The van der Waals surface area contributed by atoms with Crippen molar-refractivity contribution >= 4 is 17.6 Å². The fourth-order valence-corrected chi connectivity index (χ4v) is 2.05. The van der Waals surface area contributed by atoms with Crippen molar-refractivity contribution in [3.05, 3.63) is 6.07 Å². The Morgan fingerprint density at radius 1 is 1.59 bits per heavy atom. The molecule has 0 amide bonds. The fourth-order valence-electron chi connectivity index (χ4n) is 2.05. The lowest BCUT2D eigenvalue weighted by molar-refractivity contribution is 0.154. The maximum atomic E-state index is 9.65. The summed E-state index contributed by atoms with van der Waals surface area (Å²) in [6.45, 7) is 4.31. The molecule has 1 aromatic rings. The zero-order valence-electron chi connectivity index (χ0n) is 10.1. The Morgan fingerprint density at radius 2 is 2.41 bits per heavy atom. The van der Waals surface area contributed by atoms with Crippen molar-refractivity contribution in [1.82, 2.24) is 9.97 Å². The number of aliphatic hydroxyl groups is 1. The molecular weight excluding hydrogens is 218 g/mol. The Bertz CT molecular complexity index is 384. The molecule has 6 nitrogen and oxygen atoms in total. The van der Waals surface area contributed by atoms with Crippen molar-refractivity contribution in [2.75, 3.05) is 35.6 Å². The molecule has 1 unspecified atom stereocenters. The van der Waals surface area contributed by atoms with Crippen LogP contribution in [0.15, 0.2) is 6.07 Å². The summed E-state index contributed by atoms with van der Waals surface area (Å²) in [5.74, 6) is 1.78. The first-order valence-corrected chi connectivity index (χ1v) is 6.00. The summed E-state index contributed by atoms with van der Waals surface area (Å²) in [6, 6.07) is 1.87. The SMILES string of the molecule is CCNc1cc(N2CCCC(O)C2)nc(N)n1. The number of nitrogens with zero attached hydrogens (tertiary/aromatic N) is 3. The Morgan fingerprint density at radius 3 is 3.12 bits per heavy atom. The van der Waals surface area contributed by atoms with E-state index in [1.807, 2.05) is 17.9 Å². The molecule has 0 aliphatic carbocycles. The summed E-state index contributed by atoms with van der Waals surface area (Å²) in [7, 11) is 0. The second-order valence-corrected chi connectivity index (χ2v) is 4.24. The topological polar surface area (TPSA) is 87.3 Å². The highest BCUT2D eigenvalue weighted by Crippen LogP contribution is 2.21. The summed E-state index contributed by atoms with van der Waals surface area (Å²) in [5, 5.41) is 12.8. The van der Waals surface area contributed by atoms with E-state index >= 15 is 0 Å². The van der Waals surface area contributed by atoms with Gasteiger partial charge >= 0.3 is 0 Å². The number of rotatable bonds is 3. The van der Waals surface area contributed by atoms with Crippen LogP contribution in [0.1, 0.15) is 19.8 Å². The first-order chi connectivity index (χ1) is 8.19. The third-order valence-corrected chi connectivity index (χ3v) is 2.81. The molecule has 17 heavy (non-hydrogen) atoms. The Kier molecular flexibility index (Phi) is 3.63. The fraction of sp³-hybridized carbons (Fsp3) is 0.636. The van der Waals surface area contributed by atoms with E-state index in [0.717, 1.165) is 37.6 Å². The molecule has 94 valence electrons. The minimum absolute atomic E-state index is 0.263. The molecule has 4 N–H and O–H groups in total. The van der Waals surface area contributed by atoms with E-state index in [1.165, 1.54) is 0 Å². The first kappa shape index (κ1) is 11.9. The Labute approximate surface area is 101 Å². The molecule has 1 fully saturated rings. The van der Waals surface area contributed by atoms with Gasteiger partial charge in [-0.15, -0.1) is 0 Å². The molecule has 1 saturated heterocycles. The summed E-state index contributed by atoms with van der Waals surface area (Å²) < 4.78 is 0. The highest BCUT2D eigenvalue weighted by molar-refractivity contribution is 5.52. The van der Waals surface area contributed by atoms with Crippen molar-refractivity contribution in [3.63, 3.8) is 0 Å². The third kappa shape index (κ3) is 2.97. The Balaban J connectivity index is 2.18. The van der Waals surface area contributed by atoms with Gasteiger partial charge in [0, 0.05) is 25.7 Å². The van der Waals surface area contributed by atoms with Crippen LogP contribution in [-0.2, 0) is 0 Å². The summed E-state index contributed by atoms with van der Waals surface area (Å²) >= 11 is 0. The minimum Gasteiger partial charge on any atom is -0.391 e. The van der Waals surface area contributed by atoms with Gasteiger partial charge in [-0.2, -0.15) is 9.97 Å². The van der Waals surface area contributed by atoms with Crippen molar-refractivity contribution < 1.29 is 5.11 Å². The normalized spacial score (nSPS) is 20.4. The van der Waals surface area contributed by atoms with E-state index < -0.39 is 0 Å². The second kappa shape index (κ2) is 5.18. The summed E-state index contributed by atoms with van der Waals surface area (Å²) in [5.41, 5.74) is 5.68. The monoisotopic (exact) mass is 237 g/mol. The van der Waals surface area contributed by atoms with E-state index in [4.69, 9.17) is 5.73 Å². The predicted octanol–water partition coefficient (Wildman–Crippen LogP) is 0.452. The van der Waals surface area contributed by atoms with Gasteiger partial charge in [0.15, 0.2) is 0 Å². The van der Waals surface area contributed by atoms with Gasteiger partial charge in [0.25, 0.3) is 0 Å². The number of nitrogens with two attached hydrogens (primary N) is 1. The standard InChI is InChI=1S/C11H19N5O/c1-2-13-9-6-10(15-11(12)14-9)16-5-3-4-8(17)7-16/h6,8,17H,2-5,7H2,1H3,(H3,12,13,14,15). The number of hydrogen-bond donors (Lipinski definition) is 3. The van der Waals surface area contributed by atoms with E-state index in [2.05, 4.69) is 15.3 Å². The molecule has 0 radical (unpaired) electrons. The number of piperidine rings is 1. The van der Waals surface area contributed by atoms with Gasteiger partial charge in [0.2, 0.25) is 5.95 Å². The number of anilines is 3. The average Bonchev–Trinajstić information content (AvgIpc) is 2.28. The van der Waals surface area contributed by atoms with Crippen molar-refractivity contribution in [2.24, 2.45) is 0 Å². The van der Waals surface area contributed by atoms with Crippen LogP contribution >= 0.6 is 0 Å². The molecule has 1 aliphatic heterocycles. The molecule has 1 aliphatic rings. The molecule has 1 aromatic heterocycles. The summed E-state index contributed by atoms with van der Waals surface area (Å²) in [4.78, 5) is 10.4. The molecule has 0 aromatic carbocycles. The number of nitrogens with one attached hydrogen (secondary N) is 1. The largest absolute Gasteiger partial charge is 0.391 e. The van der Waals surface area contributed by atoms with Gasteiger partial charge in [-0.25, -0.2) is 0 Å². The number of hydrogen-bond acceptors (Lipinski definition) is 6. The van der Waals surface area contributed by atoms with Gasteiger partial charge in [-0.3, -0.25) is 0 Å². The highest BCUT2D eigenvalue weighted by Gasteiger charge is 2.19. The number of β-amino-alcohol motifs (C(OH)–C–C–N with tert-alkyl or cyclic N) is 1. The molecule has 2 rings (SSSR count). The maximum Gasteiger partial charge on any atom is 0.223 e. The van der Waals surface area contributed by atoms with Gasteiger partial charge < -0.3 is 21.1 Å². The zero-order valence-corrected chi connectivity index (χ0v) is 10.1. The highest BCUT2D eigenvalue weighted by atomic mass is 16.3. The quantitative estimate of drug-likeness (QED) is 0.707. The number of aromatic nitrogens is 2. The molecule has 2 heterocycles. The van der Waals surface area contributed by atoms with E-state index in [1.54, 1.807) is 0 Å². The lowest BCUT2D eigenvalue weighted by Gasteiger charge is -2.31. The van der Waals surface area contributed by atoms with Crippen LogP contribution in [0.25, 0.3) is 0 Å². The van der Waals surface area contributed by atoms with Gasteiger partial charge in [-0.1, -0.05) is 0 Å². The van der Waals surface area contributed by atoms with Gasteiger partial charge in [0.05, 0.1) is 6.10 Å². The van der Waals surface area contributed by atoms with Crippen LogP contribution in [0.3, 0.4) is 0 Å². The number of nitrogen functional groups attached to an aromatic ring is 1. The van der Waals surface area contributed by atoms with Crippen molar-refractivity contribution in [3.8, 4) is 0 Å². The van der Waals surface area contributed by atoms with Gasteiger partial charge in [0.1, 0.15) is 11.6 Å². The predicted molar refractivity (Wildman–Crippen MR) is 68.1 cm³/mol. The van der Waals surface area contributed by atoms with Crippen LogP contribution < -0.4 is 16.0 Å². The Hall–Kier alpha value is -1.56. The van der Waals surface area contributed by atoms with E-state index in [-0.39, 0.29) is 12.1 Å². The maximum absolute atomic E-state index is 9.65. The molecule has 1 atom stereocenters. The molecule has 6 heteroatoms. The van der Waals surface area contributed by atoms with Gasteiger partial charge in [-0.05, 0) is 19.8 Å². The van der Waals surface area contributed by atoms with Crippen LogP contribution in [0.4, 0.5) is 17.6 Å². The second-order valence-electron chi connectivity index (χ2n) is 4.24.